The molecule has 0 heterocycles. The lowest BCUT2D eigenvalue weighted by atomic mass is 10.1. The van der Waals surface area contributed by atoms with Crippen molar-refractivity contribution in [3.63, 3.8) is 0 Å². The molecule has 1 aromatic rings. The summed E-state index contributed by atoms with van der Waals surface area (Å²) in [5, 5.41) is 7.00. The molecule has 0 saturated heterocycles. The molecular formula is C14H18O2. The predicted octanol–water partition coefficient (Wildman–Crippen LogP) is 3.02. The van der Waals surface area contributed by atoms with E-state index in [9.17, 15) is 0 Å². The van der Waals surface area contributed by atoms with Crippen molar-refractivity contribution >= 4 is 5.57 Å². The molecule has 0 aliphatic heterocycles. The largest absolute Gasteiger partial charge is 0.497 e. The second-order valence-corrected chi connectivity index (χ2v) is 2.90. The maximum absolute atomic E-state index is 7.00. The van der Waals surface area contributed by atoms with Gasteiger partial charge in [-0.05, 0) is 17.2 Å². The lowest BCUT2D eigenvalue weighted by Crippen LogP contribution is -1.80. The van der Waals surface area contributed by atoms with Gasteiger partial charge in [0.05, 0.1) is 7.11 Å². The molecule has 0 amide bonds. The van der Waals surface area contributed by atoms with E-state index in [1.807, 2.05) is 36.4 Å². The van der Waals surface area contributed by atoms with E-state index in [1.54, 1.807) is 13.2 Å². The van der Waals surface area contributed by atoms with Crippen LogP contribution in [-0.2, 0) is 4.74 Å². The fraction of sp³-hybridized carbons (Fsp3) is 0.143. The molecule has 86 valence electrons. The lowest BCUT2D eigenvalue weighted by Gasteiger charge is -2.00. The number of hydrogen-bond acceptors (Lipinski definition) is 2. The lowest BCUT2D eigenvalue weighted by molar-refractivity contribution is 0.309. The highest BCUT2D eigenvalue weighted by atomic mass is 16.5. The van der Waals surface area contributed by atoms with Crippen LogP contribution >= 0.6 is 0 Å². The van der Waals surface area contributed by atoms with E-state index in [1.165, 1.54) is 0 Å². The molecule has 0 bridgehead atoms. The van der Waals surface area contributed by atoms with Crippen LogP contribution in [0.25, 0.3) is 5.57 Å². The van der Waals surface area contributed by atoms with Gasteiger partial charge >= 0.3 is 0 Å². The van der Waals surface area contributed by atoms with E-state index in [2.05, 4.69) is 13.2 Å². The summed E-state index contributed by atoms with van der Waals surface area (Å²) in [6.45, 7) is 7.64. The molecule has 16 heavy (non-hydrogen) atoms. The molecule has 0 unspecified atom stereocenters. The number of aliphatic hydroxyl groups excluding tert-OH is 1. The monoisotopic (exact) mass is 218 g/mol. The van der Waals surface area contributed by atoms with Gasteiger partial charge in [-0.1, -0.05) is 49.6 Å². The first-order chi connectivity index (χ1) is 7.74. The van der Waals surface area contributed by atoms with Gasteiger partial charge in [0.25, 0.3) is 0 Å². The van der Waals surface area contributed by atoms with Crippen molar-refractivity contribution in [3.8, 4) is 0 Å². The van der Waals surface area contributed by atoms with Crippen molar-refractivity contribution in [1.29, 1.82) is 0 Å². The van der Waals surface area contributed by atoms with Gasteiger partial charge in [-0.2, -0.15) is 0 Å². The minimum Gasteiger partial charge on any atom is -0.497 e. The third-order valence-electron chi connectivity index (χ3n) is 1.88. The highest BCUT2D eigenvalue weighted by Gasteiger charge is 1.92. The zero-order valence-electron chi connectivity index (χ0n) is 9.81. The summed E-state index contributed by atoms with van der Waals surface area (Å²) in [5.41, 5.74) is 2.05. The van der Waals surface area contributed by atoms with Crippen LogP contribution in [0.2, 0.25) is 0 Å². The van der Waals surface area contributed by atoms with Gasteiger partial charge in [0.1, 0.15) is 5.76 Å². The maximum Gasteiger partial charge on any atom is 0.111 e. The molecule has 0 aliphatic carbocycles. The Morgan fingerprint density at radius 2 is 1.69 bits per heavy atom. The van der Waals surface area contributed by atoms with Crippen LogP contribution in [0, 0.1) is 0 Å². The quantitative estimate of drug-likeness (QED) is 0.621. The van der Waals surface area contributed by atoms with E-state index in [0.29, 0.717) is 5.76 Å². The van der Waals surface area contributed by atoms with E-state index in [4.69, 9.17) is 9.84 Å². The number of methoxy groups -OCH3 is 1. The van der Waals surface area contributed by atoms with Crippen molar-refractivity contribution in [1.82, 2.24) is 0 Å². The second kappa shape index (κ2) is 8.50. The van der Waals surface area contributed by atoms with E-state index >= 15 is 0 Å². The fourth-order valence-electron chi connectivity index (χ4n) is 1.01. The molecule has 1 rings (SSSR count). The summed E-state index contributed by atoms with van der Waals surface area (Å²) in [7, 11) is 2.60. The van der Waals surface area contributed by atoms with Gasteiger partial charge in [-0.25, -0.2) is 0 Å². The molecule has 2 nitrogen and oxygen atoms in total. The summed E-state index contributed by atoms with van der Waals surface area (Å²) in [5.74, 6) is 0.627. The summed E-state index contributed by atoms with van der Waals surface area (Å²) in [6, 6.07) is 9.98. The zero-order chi connectivity index (χ0) is 12.4. The number of rotatable bonds is 4. The third-order valence-corrected chi connectivity index (χ3v) is 1.88. The van der Waals surface area contributed by atoms with Crippen LogP contribution in [0.4, 0.5) is 0 Å². The average Bonchev–Trinajstić information content (AvgIpc) is 2.38. The Morgan fingerprint density at radius 1 is 1.12 bits per heavy atom. The Hall–Kier alpha value is -1.80. The Kier molecular flexibility index (Phi) is 7.55. The van der Waals surface area contributed by atoms with Crippen LogP contribution in [0.5, 0.6) is 0 Å². The Balaban J connectivity index is 0.00000106. The second-order valence-electron chi connectivity index (χ2n) is 2.90. The molecule has 0 saturated carbocycles. The van der Waals surface area contributed by atoms with E-state index in [0.717, 1.165) is 18.2 Å². The van der Waals surface area contributed by atoms with E-state index < -0.39 is 0 Å². The molecule has 0 aliphatic rings. The molecule has 0 atom stereocenters. The van der Waals surface area contributed by atoms with Crippen molar-refractivity contribution < 1.29 is 9.84 Å². The molecule has 1 N–H and O–H groups in total. The Morgan fingerprint density at radius 3 is 2.19 bits per heavy atom. The maximum atomic E-state index is 7.00. The molecule has 0 radical (unpaired) electrons. The number of aliphatic hydroxyl groups is 1. The van der Waals surface area contributed by atoms with Gasteiger partial charge < -0.3 is 9.84 Å². The Bertz CT molecular complexity index is 350. The average molecular weight is 218 g/mol. The van der Waals surface area contributed by atoms with Crippen LogP contribution < -0.4 is 0 Å². The molecule has 0 fully saturated rings. The van der Waals surface area contributed by atoms with Gasteiger partial charge in [-0.3, -0.25) is 0 Å². The van der Waals surface area contributed by atoms with Crippen LogP contribution in [-0.4, -0.2) is 19.3 Å². The minimum absolute atomic E-state index is 0.627. The smallest absolute Gasteiger partial charge is 0.111 e. The summed E-state index contributed by atoms with van der Waals surface area (Å²) in [4.78, 5) is 0. The molecule has 1 aromatic carbocycles. The van der Waals surface area contributed by atoms with Crippen molar-refractivity contribution in [2.45, 2.75) is 0 Å². The minimum atomic E-state index is 0.627. The third kappa shape index (κ3) is 5.17. The molecular weight excluding hydrogens is 200 g/mol. The van der Waals surface area contributed by atoms with Crippen molar-refractivity contribution in [3.05, 3.63) is 67.0 Å². The standard InChI is InChI=1S/C13H14O.CH4O/c1-11(9-10-12(2)14-3)13-7-5-4-6-8-13;1-2/h4-10H,1-2H2,3H3;2H,1H3/b10-9-;. The number of benzene rings is 1. The van der Waals surface area contributed by atoms with Gasteiger partial charge in [-0.15, -0.1) is 0 Å². The zero-order valence-corrected chi connectivity index (χ0v) is 9.81. The summed E-state index contributed by atoms with van der Waals surface area (Å²) >= 11 is 0. The van der Waals surface area contributed by atoms with Crippen LogP contribution in [0.1, 0.15) is 5.56 Å². The van der Waals surface area contributed by atoms with Gasteiger partial charge in [0.2, 0.25) is 0 Å². The van der Waals surface area contributed by atoms with Crippen molar-refractivity contribution in [2.24, 2.45) is 0 Å². The summed E-state index contributed by atoms with van der Waals surface area (Å²) < 4.78 is 4.91. The van der Waals surface area contributed by atoms with Gasteiger partial charge in [0, 0.05) is 7.11 Å². The Labute approximate surface area is 97.2 Å². The molecule has 0 aromatic heterocycles. The number of ether oxygens (including phenoxy) is 1. The van der Waals surface area contributed by atoms with Crippen LogP contribution in [0.3, 0.4) is 0 Å². The fourth-order valence-corrected chi connectivity index (χ4v) is 1.01. The molecule has 0 spiro atoms. The highest BCUT2D eigenvalue weighted by molar-refractivity contribution is 5.72. The summed E-state index contributed by atoms with van der Waals surface area (Å²) in [6.07, 6.45) is 3.69. The number of allylic oxidation sites excluding steroid dienone is 3. The first kappa shape index (κ1) is 14.2. The first-order valence-electron chi connectivity index (χ1n) is 4.84. The van der Waals surface area contributed by atoms with E-state index in [-0.39, 0.29) is 0 Å². The topological polar surface area (TPSA) is 29.5 Å². The van der Waals surface area contributed by atoms with Crippen LogP contribution in [0.15, 0.2) is 61.4 Å². The number of hydrogen-bond donors (Lipinski definition) is 1. The predicted molar refractivity (Wildman–Crippen MR) is 68.9 cm³/mol. The SMILES string of the molecule is C=C(/C=C\C(=C)c1ccccc1)OC.CO. The normalized spacial score (nSPS) is 9.19. The first-order valence-corrected chi connectivity index (χ1v) is 4.84. The van der Waals surface area contributed by atoms with Crippen molar-refractivity contribution in [2.75, 3.05) is 14.2 Å². The molecule has 2 heteroatoms. The highest BCUT2D eigenvalue weighted by Crippen LogP contribution is 2.13. The van der Waals surface area contributed by atoms with Gasteiger partial charge in [0.15, 0.2) is 0 Å².